The number of aromatic nitrogens is 1. The van der Waals surface area contributed by atoms with Gasteiger partial charge in [-0.3, -0.25) is 4.90 Å². The molecule has 1 aliphatic rings. The van der Waals surface area contributed by atoms with Crippen LogP contribution in [0.15, 0.2) is 59.0 Å². The molecule has 3 aromatic rings. The molecule has 5 nitrogen and oxygen atoms in total. The highest BCUT2D eigenvalue weighted by Crippen LogP contribution is 2.31. The number of benzene rings is 2. The molecule has 0 saturated heterocycles. The van der Waals surface area contributed by atoms with Crippen LogP contribution in [-0.4, -0.2) is 29.5 Å². The lowest BCUT2D eigenvalue weighted by molar-refractivity contribution is 0.0600. The summed E-state index contributed by atoms with van der Waals surface area (Å²) in [4.78, 5) is 18.8. The normalized spacial score (nSPS) is 13.6. The number of hydrogen-bond donors (Lipinski definition) is 0. The number of hydrogen-bond acceptors (Lipinski definition) is 5. The Morgan fingerprint density at radius 3 is 2.48 bits per heavy atom. The molecule has 1 saturated carbocycles. The Kier molecular flexibility index (Phi) is 5.76. The predicted octanol–water partition coefficient (Wildman–Crippen LogP) is 4.85. The Labute approximate surface area is 171 Å². The minimum atomic E-state index is -0.350. The van der Waals surface area contributed by atoms with Gasteiger partial charge in [0.1, 0.15) is 5.76 Å². The number of methoxy groups -OCH3 is 1. The van der Waals surface area contributed by atoms with Gasteiger partial charge in [-0.05, 0) is 55.5 Å². The van der Waals surface area contributed by atoms with Crippen molar-refractivity contribution in [3.63, 3.8) is 0 Å². The second-order valence-corrected chi connectivity index (χ2v) is 7.69. The first-order chi connectivity index (χ1) is 14.1. The Balaban J connectivity index is 1.50. The summed E-state index contributed by atoms with van der Waals surface area (Å²) in [5.41, 5.74) is 3.64. The first-order valence-corrected chi connectivity index (χ1v) is 10.0. The molecule has 5 heteroatoms. The number of oxazole rings is 1. The molecule has 1 fully saturated rings. The van der Waals surface area contributed by atoms with Gasteiger partial charge >= 0.3 is 5.97 Å². The molecule has 150 valence electrons. The van der Waals surface area contributed by atoms with Gasteiger partial charge in [-0.2, -0.15) is 0 Å². The van der Waals surface area contributed by atoms with Crippen molar-refractivity contribution in [3.05, 3.63) is 77.2 Å². The maximum absolute atomic E-state index is 11.6. The van der Waals surface area contributed by atoms with E-state index in [1.54, 1.807) is 12.1 Å². The fourth-order valence-corrected chi connectivity index (χ4v) is 3.47. The van der Waals surface area contributed by atoms with Crippen molar-refractivity contribution in [2.45, 2.75) is 32.9 Å². The van der Waals surface area contributed by atoms with Gasteiger partial charge in [0.05, 0.1) is 18.4 Å². The largest absolute Gasteiger partial charge is 0.465 e. The second-order valence-electron chi connectivity index (χ2n) is 7.69. The second kappa shape index (κ2) is 8.62. The van der Waals surface area contributed by atoms with E-state index in [0.717, 1.165) is 42.6 Å². The van der Waals surface area contributed by atoms with Gasteiger partial charge in [-0.1, -0.05) is 30.3 Å². The lowest BCUT2D eigenvalue weighted by Crippen LogP contribution is -2.25. The molecule has 1 heterocycles. The van der Waals surface area contributed by atoms with Crippen LogP contribution in [0.3, 0.4) is 0 Å². The minimum absolute atomic E-state index is 0.350. The van der Waals surface area contributed by atoms with Gasteiger partial charge in [-0.25, -0.2) is 9.78 Å². The van der Waals surface area contributed by atoms with Crippen LogP contribution in [0.2, 0.25) is 0 Å². The third-order valence-electron chi connectivity index (χ3n) is 5.28. The van der Waals surface area contributed by atoms with Crippen LogP contribution >= 0.6 is 0 Å². The van der Waals surface area contributed by atoms with Crippen molar-refractivity contribution in [2.75, 3.05) is 13.7 Å². The Bertz CT molecular complexity index is 960. The predicted molar refractivity (Wildman–Crippen MR) is 111 cm³/mol. The summed E-state index contributed by atoms with van der Waals surface area (Å²) in [6.07, 6.45) is 2.64. The number of esters is 1. The fraction of sp³-hybridized carbons (Fsp3) is 0.333. The molecule has 0 atom stereocenters. The summed E-state index contributed by atoms with van der Waals surface area (Å²) in [6, 6.07) is 17.7. The lowest BCUT2D eigenvalue weighted by atomic mass is 10.1. The monoisotopic (exact) mass is 390 g/mol. The van der Waals surface area contributed by atoms with Gasteiger partial charge in [0.25, 0.3) is 0 Å². The van der Waals surface area contributed by atoms with E-state index < -0.39 is 0 Å². The molecule has 0 spiro atoms. The van der Waals surface area contributed by atoms with E-state index in [9.17, 15) is 4.79 Å². The van der Waals surface area contributed by atoms with Crippen molar-refractivity contribution in [3.8, 4) is 11.5 Å². The Hall–Kier alpha value is -2.92. The van der Waals surface area contributed by atoms with E-state index >= 15 is 0 Å². The van der Waals surface area contributed by atoms with Crippen LogP contribution < -0.4 is 0 Å². The zero-order chi connectivity index (χ0) is 20.2. The summed E-state index contributed by atoms with van der Waals surface area (Å²) in [5, 5.41) is 0. The van der Waals surface area contributed by atoms with Crippen LogP contribution in [0, 0.1) is 12.8 Å². The molecule has 0 bridgehead atoms. The van der Waals surface area contributed by atoms with Crippen molar-refractivity contribution in [2.24, 2.45) is 5.92 Å². The molecule has 4 rings (SSSR count). The number of nitrogens with zero attached hydrogens (tertiary/aromatic N) is 2. The highest BCUT2D eigenvalue weighted by atomic mass is 16.5. The van der Waals surface area contributed by atoms with Crippen LogP contribution in [0.1, 0.15) is 40.2 Å². The minimum Gasteiger partial charge on any atom is -0.465 e. The quantitative estimate of drug-likeness (QED) is 0.515. The molecule has 0 radical (unpaired) electrons. The van der Waals surface area contributed by atoms with E-state index in [1.807, 2.05) is 25.1 Å². The van der Waals surface area contributed by atoms with E-state index in [-0.39, 0.29) is 5.97 Å². The summed E-state index contributed by atoms with van der Waals surface area (Å²) in [6.45, 7) is 4.73. The van der Waals surface area contributed by atoms with Crippen LogP contribution in [0.4, 0.5) is 0 Å². The van der Waals surface area contributed by atoms with Crippen LogP contribution in [-0.2, 0) is 17.8 Å². The average molecular weight is 390 g/mol. The third kappa shape index (κ3) is 4.93. The molecular weight excluding hydrogens is 364 g/mol. The summed E-state index contributed by atoms with van der Waals surface area (Å²) in [5.74, 6) is 1.87. The van der Waals surface area contributed by atoms with Crippen LogP contribution in [0.5, 0.6) is 0 Å². The smallest absolute Gasteiger partial charge is 0.337 e. The zero-order valence-corrected chi connectivity index (χ0v) is 16.9. The number of carbonyl (C=O) groups excluding carboxylic acids is 1. The van der Waals surface area contributed by atoms with Gasteiger partial charge in [0.15, 0.2) is 0 Å². The summed E-state index contributed by atoms with van der Waals surface area (Å²) < 4.78 is 10.7. The number of carbonyl (C=O) groups is 1. The van der Waals surface area contributed by atoms with Crippen molar-refractivity contribution in [1.82, 2.24) is 9.88 Å². The fourth-order valence-electron chi connectivity index (χ4n) is 3.47. The van der Waals surface area contributed by atoms with E-state index in [2.05, 4.69) is 29.2 Å². The SMILES string of the molecule is COC(=O)c1ccc(-c2nc(CN(Cc3ccccc3)CC3CC3)c(C)o2)cc1. The van der Waals surface area contributed by atoms with Crippen LogP contribution in [0.25, 0.3) is 11.5 Å². The van der Waals surface area contributed by atoms with E-state index in [0.29, 0.717) is 11.5 Å². The molecule has 1 aliphatic carbocycles. The van der Waals surface area contributed by atoms with Gasteiger partial charge in [-0.15, -0.1) is 0 Å². The van der Waals surface area contributed by atoms with E-state index in [4.69, 9.17) is 14.1 Å². The van der Waals surface area contributed by atoms with Gasteiger partial charge < -0.3 is 9.15 Å². The molecule has 0 unspecified atom stereocenters. The topological polar surface area (TPSA) is 55.6 Å². The number of rotatable bonds is 8. The highest BCUT2D eigenvalue weighted by Gasteiger charge is 2.25. The molecule has 1 aromatic heterocycles. The number of ether oxygens (including phenoxy) is 1. The maximum atomic E-state index is 11.6. The van der Waals surface area contributed by atoms with Crippen molar-refractivity contribution < 1.29 is 13.9 Å². The number of aryl methyl sites for hydroxylation is 1. The summed E-state index contributed by atoms with van der Waals surface area (Å²) >= 11 is 0. The molecule has 29 heavy (non-hydrogen) atoms. The first kappa shape index (κ1) is 19.4. The zero-order valence-electron chi connectivity index (χ0n) is 16.9. The summed E-state index contributed by atoms with van der Waals surface area (Å²) in [7, 11) is 1.38. The van der Waals surface area contributed by atoms with Crippen molar-refractivity contribution in [1.29, 1.82) is 0 Å². The molecule has 0 N–H and O–H groups in total. The lowest BCUT2D eigenvalue weighted by Gasteiger charge is -2.21. The standard InChI is InChI=1S/C24H26N2O3/c1-17-22(16-26(15-19-8-9-19)14-18-6-4-3-5-7-18)25-23(29-17)20-10-12-21(13-11-20)24(27)28-2/h3-7,10-13,19H,8-9,14-16H2,1-2H3. The Morgan fingerprint density at radius 1 is 1.10 bits per heavy atom. The average Bonchev–Trinajstić information content (AvgIpc) is 3.49. The first-order valence-electron chi connectivity index (χ1n) is 10.0. The molecule has 0 aliphatic heterocycles. The molecular formula is C24H26N2O3. The van der Waals surface area contributed by atoms with Gasteiger partial charge in [0, 0.05) is 25.2 Å². The van der Waals surface area contributed by atoms with E-state index in [1.165, 1.54) is 25.5 Å². The maximum Gasteiger partial charge on any atom is 0.337 e. The van der Waals surface area contributed by atoms with Crippen molar-refractivity contribution >= 4 is 5.97 Å². The highest BCUT2D eigenvalue weighted by molar-refractivity contribution is 5.89. The Morgan fingerprint density at radius 2 is 1.83 bits per heavy atom. The van der Waals surface area contributed by atoms with Gasteiger partial charge in [0.2, 0.25) is 5.89 Å². The molecule has 2 aromatic carbocycles. The molecule has 0 amide bonds. The third-order valence-corrected chi connectivity index (χ3v) is 5.28.